The highest BCUT2D eigenvalue weighted by molar-refractivity contribution is 6.39. The monoisotopic (exact) mass is 353 g/mol. The van der Waals surface area contributed by atoms with Crippen molar-refractivity contribution in [2.75, 3.05) is 32.5 Å². The fraction of sp³-hybridized carbons (Fsp3) is 0.300. The SMILES string of the molecule is CCn1c2ccccc2c2cc(NC(=O)C(=O)NCC[NH+](C)C)ccc21. The third kappa shape index (κ3) is 3.55. The Morgan fingerprint density at radius 3 is 2.46 bits per heavy atom. The Labute approximate surface area is 152 Å². The molecule has 0 bridgehead atoms. The summed E-state index contributed by atoms with van der Waals surface area (Å²) in [6.07, 6.45) is 0. The summed E-state index contributed by atoms with van der Waals surface area (Å²) in [5.41, 5.74) is 2.90. The second-order valence-electron chi connectivity index (χ2n) is 6.66. The number of hydrogen-bond donors (Lipinski definition) is 3. The van der Waals surface area contributed by atoms with Gasteiger partial charge in [-0.1, -0.05) is 18.2 Å². The predicted molar refractivity (Wildman–Crippen MR) is 104 cm³/mol. The van der Waals surface area contributed by atoms with Gasteiger partial charge >= 0.3 is 11.8 Å². The molecule has 0 atom stereocenters. The van der Waals surface area contributed by atoms with Crippen LogP contribution < -0.4 is 15.5 Å². The van der Waals surface area contributed by atoms with Gasteiger partial charge in [-0.2, -0.15) is 0 Å². The van der Waals surface area contributed by atoms with E-state index in [1.54, 1.807) is 0 Å². The summed E-state index contributed by atoms with van der Waals surface area (Å²) in [5.74, 6) is -1.25. The Hall–Kier alpha value is -2.86. The molecular formula is C20H25N4O2+. The normalized spacial score (nSPS) is 11.2. The lowest BCUT2D eigenvalue weighted by Crippen LogP contribution is -3.06. The highest BCUT2D eigenvalue weighted by Crippen LogP contribution is 2.30. The highest BCUT2D eigenvalue weighted by Gasteiger charge is 2.15. The van der Waals surface area contributed by atoms with Crippen LogP contribution in [0.1, 0.15) is 6.92 Å². The Morgan fingerprint density at radius 2 is 1.73 bits per heavy atom. The summed E-state index contributed by atoms with van der Waals surface area (Å²) in [6, 6.07) is 14.0. The number of hydrogen-bond acceptors (Lipinski definition) is 2. The van der Waals surface area contributed by atoms with E-state index in [1.165, 1.54) is 4.90 Å². The number of quaternary nitrogens is 1. The summed E-state index contributed by atoms with van der Waals surface area (Å²) in [6.45, 7) is 4.21. The number of likely N-dealkylation sites (N-methyl/N-ethyl adjacent to an activating group) is 1. The second-order valence-corrected chi connectivity index (χ2v) is 6.66. The number of rotatable bonds is 5. The lowest BCUT2D eigenvalue weighted by Gasteiger charge is -2.09. The fourth-order valence-corrected chi connectivity index (χ4v) is 3.17. The number of fused-ring (bicyclic) bond motifs is 3. The van der Waals surface area contributed by atoms with Crippen LogP contribution in [0.3, 0.4) is 0 Å². The number of aryl methyl sites for hydroxylation is 1. The molecule has 2 aromatic carbocycles. The maximum Gasteiger partial charge on any atom is 0.313 e. The maximum atomic E-state index is 12.1. The van der Waals surface area contributed by atoms with Crippen molar-refractivity contribution >= 4 is 39.3 Å². The highest BCUT2D eigenvalue weighted by atomic mass is 16.2. The van der Waals surface area contributed by atoms with E-state index in [2.05, 4.69) is 34.3 Å². The number of benzene rings is 2. The molecule has 3 N–H and O–H groups in total. The first-order valence-corrected chi connectivity index (χ1v) is 8.90. The van der Waals surface area contributed by atoms with Crippen LogP contribution in [0.25, 0.3) is 21.8 Å². The van der Waals surface area contributed by atoms with Crippen molar-refractivity contribution in [3.63, 3.8) is 0 Å². The molecule has 1 heterocycles. The average molecular weight is 353 g/mol. The number of carbonyl (C=O) groups excluding carboxylic acids is 2. The summed E-state index contributed by atoms with van der Waals surface area (Å²) in [5, 5.41) is 7.54. The van der Waals surface area contributed by atoms with Gasteiger partial charge in [0.05, 0.1) is 27.2 Å². The quantitative estimate of drug-likeness (QED) is 0.600. The molecule has 3 aromatic rings. The smallest absolute Gasteiger partial charge is 0.313 e. The van der Waals surface area contributed by atoms with Crippen LogP contribution in [0.5, 0.6) is 0 Å². The maximum absolute atomic E-state index is 12.1. The van der Waals surface area contributed by atoms with Gasteiger partial charge in [-0.15, -0.1) is 0 Å². The van der Waals surface area contributed by atoms with Crippen LogP contribution in [0.4, 0.5) is 5.69 Å². The van der Waals surface area contributed by atoms with Gasteiger partial charge in [0.15, 0.2) is 0 Å². The van der Waals surface area contributed by atoms with E-state index in [9.17, 15) is 9.59 Å². The van der Waals surface area contributed by atoms with E-state index in [0.717, 1.165) is 34.9 Å². The predicted octanol–water partition coefficient (Wildman–Crippen LogP) is 1.01. The number of nitrogens with one attached hydrogen (secondary N) is 3. The number of carbonyl (C=O) groups is 2. The Kier molecular flexibility index (Phi) is 5.23. The molecule has 0 fully saturated rings. The number of anilines is 1. The fourth-order valence-electron chi connectivity index (χ4n) is 3.17. The van der Waals surface area contributed by atoms with Crippen LogP contribution in [0.15, 0.2) is 42.5 Å². The lowest BCUT2D eigenvalue weighted by molar-refractivity contribution is -0.856. The molecule has 6 heteroatoms. The molecule has 0 saturated heterocycles. The van der Waals surface area contributed by atoms with E-state index < -0.39 is 11.8 Å². The summed E-state index contributed by atoms with van der Waals surface area (Å²) in [4.78, 5) is 25.2. The third-order valence-electron chi connectivity index (χ3n) is 4.46. The Bertz CT molecular complexity index is 959. The minimum Gasteiger partial charge on any atom is -0.342 e. The molecule has 0 aliphatic heterocycles. The van der Waals surface area contributed by atoms with Crippen LogP contribution in [0, 0.1) is 0 Å². The van der Waals surface area contributed by atoms with Crippen LogP contribution in [0.2, 0.25) is 0 Å². The first-order valence-electron chi connectivity index (χ1n) is 8.90. The molecule has 0 radical (unpaired) electrons. The van der Waals surface area contributed by atoms with E-state index in [4.69, 9.17) is 0 Å². The molecule has 0 unspecified atom stereocenters. The van der Waals surface area contributed by atoms with Crippen molar-refractivity contribution < 1.29 is 14.5 Å². The van der Waals surface area contributed by atoms with Gasteiger partial charge in [0.25, 0.3) is 0 Å². The number of nitrogens with zero attached hydrogens (tertiary/aromatic N) is 1. The van der Waals surface area contributed by atoms with Crippen molar-refractivity contribution in [1.29, 1.82) is 0 Å². The number of para-hydroxylation sites is 1. The summed E-state index contributed by atoms with van der Waals surface area (Å²) < 4.78 is 2.24. The zero-order valence-electron chi connectivity index (χ0n) is 15.4. The zero-order chi connectivity index (χ0) is 18.7. The van der Waals surface area contributed by atoms with Gasteiger partial charge in [0, 0.05) is 34.0 Å². The van der Waals surface area contributed by atoms with Crippen molar-refractivity contribution in [3.05, 3.63) is 42.5 Å². The molecule has 1 aromatic heterocycles. The van der Waals surface area contributed by atoms with Crippen LogP contribution >= 0.6 is 0 Å². The molecule has 26 heavy (non-hydrogen) atoms. The van der Waals surface area contributed by atoms with Crippen molar-refractivity contribution in [1.82, 2.24) is 9.88 Å². The van der Waals surface area contributed by atoms with E-state index in [0.29, 0.717) is 12.2 Å². The number of amides is 2. The Morgan fingerprint density at radius 1 is 1.00 bits per heavy atom. The molecule has 2 amide bonds. The topological polar surface area (TPSA) is 67.6 Å². The lowest BCUT2D eigenvalue weighted by atomic mass is 10.1. The van der Waals surface area contributed by atoms with Crippen LogP contribution in [-0.4, -0.2) is 43.6 Å². The first-order chi connectivity index (χ1) is 12.5. The van der Waals surface area contributed by atoms with Gasteiger partial charge in [0.2, 0.25) is 0 Å². The molecule has 3 rings (SSSR count). The standard InChI is InChI=1S/C20H24N4O2/c1-4-24-17-8-6-5-7-15(17)16-13-14(9-10-18(16)24)22-20(26)19(25)21-11-12-23(2)3/h5-10,13H,4,11-12H2,1-3H3,(H,21,25)(H,22,26)/p+1. The zero-order valence-corrected chi connectivity index (χ0v) is 15.4. The van der Waals surface area contributed by atoms with Gasteiger partial charge in [-0.25, -0.2) is 0 Å². The van der Waals surface area contributed by atoms with E-state index >= 15 is 0 Å². The molecule has 0 aliphatic carbocycles. The molecule has 0 spiro atoms. The largest absolute Gasteiger partial charge is 0.342 e. The van der Waals surface area contributed by atoms with Gasteiger partial charge < -0.3 is 20.1 Å². The van der Waals surface area contributed by atoms with Gasteiger partial charge in [0.1, 0.15) is 0 Å². The minimum absolute atomic E-state index is 0.470. The van der Waals surface area contributed by atoms with Gasteiger partial charge in [-0.3, -0.25) is 9.59 Å². The third-order valence-corrected chi connectivity index (χ3v) is 4.46. The van der Waals surface area contributed by atoms with E-state index in [-0.39, 0.29) is 0 Å². The second kappa shape index (κ2) is 7.58. The van der Waals surface area contributed by atoms with Crippen molar-refractivity contribution in [2.45, 2.75) is 13.5 Å². The number of aromatic nitrogens is 1. The molecular weight excluding hydrogens is 328 g/mol. The van der Waals surface area contributed by atoms with Crippen molar-refractivity contribution in [3.8, 4) is 0 Å². The first kappa shape index (κ1) is 17.9. The average Bonchev–Trinajstić information content (AvgIpc) is 2.94. The minimum atomic E-state index is -0.641. The van der Waals surface area contributed by atoms with Gasteiger partial charge in [-0.05, 0) is 31.2 Å². The van der Waals surface area contributed by atoms with Crippen LogP contribution in [-0.2, 0) is 16.1 Å². The molecule has 136 valence electrons. The molecule has 6 nitrogen and oxygen atoms in total. The summed E-state index contributed by atoms with van der Waals surface area (Å²) >= 11 is 0. The molecule has 0 aliphatic rings. The molecule has 0 saturated carbocycles. The Balaban J connectivity index is 1.82. The van der Waals surface area contributed by atoms with Crippen molar-refractivity contribution in [2.24, 2.45) is 0 Å². The summed E-state index contributed by atoms with van der Waals surface area (Å²) in [7, 11) is 3.99. The van der Waals surface area contributed by atoms with E-state index in [1.807, 2.05) is 44.4 Å².